The van der Waals surface area contributed by atoms with Crippen LogP contribution in [-0.2, 0) is 4.79 Å². The van der Waals surface area contributed by atoms with E-state index in [1.165, 1.54) is 16.0 Å². The third-order valence-electron chi connectivity index (χ3n) is 4.22. The number of halogens is 1. The Bertz CT molecular complexity index is 876. The van der Waals surface area contributed by atoms with Gasteiger partial charge in [0.1, 0.15) is 6.04 Å². The van der Waals surface area contributed by atoms with E-state index in [0.29, 0.717) is 17.3 Å². The molecule has 26 heavy (non-hydrogen) atoms. The second-order valence-electron chi connectivity index (χ2n) is 6.38. The number of thiophene rings is 1. The van der Waals surface area contributed by atoms with Crippen LogP contribution in [0.4, 0.5) is 5.69 Å². The van der Waals surface area contributed by atoms with Crippen LogP contribution < -0.4 is 10.6 Å². The molecule has 0 aliphatic carbocycles. The van der Waals surface area contributed by atoms with Crippen LogP contribution >= 0.6 is 22.9 Å². The Labute approximate surface area is 163 Å². The molecule has 1 aromatic heterocycles. The van der Waals surface area contributed by atoms with E-state index >= 15 is 0 Å². The van der Waals surface area contributed by atoms with Gasteiger partial charge < -0.3 is 10.6 Å². The molecule has 3 aromatic rings. The molecule has 0 aliphatic rings. The Kier molecular flexibility index (Phi) is 6.09. The zero-order valence-electron chi connectivity index (χ0n) is 14.8. The molecule has 0 bridgehead atoms. The minimum absolute atomic E-state index is 0.0654. The fraction of sp³-hybridized carbons (Fsp3) is 0.190. The topological polar surface area (TPSA) is 45.7 Å². The minimum atomic E-state index is -0.0654. The third kappa shape index (κ3) is 4.73. The van der Waals surface area contributed by atoms with Crippen LogP contribution in [0.5, 0.6) is 0 Å². The lowest BCUT2D eigenvalue weighted by atomic mass is 10.0. The van der Waals surface area contributed by atoms with E-state index < -0.39 is 0 Å². The predicted octanol–water partition coefficient (Wildman–Crippen LogP) is 4.31. The van der Waals surface area contributed by atoms with Crippen molar-refractivity contribution in [3.63, 3.8) is 0 Å². The highest BCUT2D eigenvalue weighted by molar-refractivity contribution is 7.10. The molecule has 5 heteroatoms. The Balaban J connectivity index is 1.69. The van der Waals surface area contributed by atoms with Crippen molar-refractivity contribution < 1.29 is 10.1 Å². The first-order chi connectivity index (χ1) is 12.5. The van der Waals surface area contributed by atoms with Crippen LogP contribution in [0.15, 0.2) is 60.0 Å². The summed E-state index contributed by atoms with van der Waals surface area (Å²) in [7, 11) is 0. The number of hydrogen-bond donors (Lipinski definition) is 2. The average Bonchev–Trinajstić information content (AvgIpc) is 3.13. The van der Waals surface area contributed by atoms with Gasteiger partial charge in [-0.1, -0.05) is 53.6 Å². The van der Waals surface area contributed by atoms with Gasteiger partial charge in [-0.15, -0.1) is 11.3 Å². The SMILES string of the molecule is Cc1ccc([C@@H]([NH2+]CC(=O)Nc2ccc(C)cc2Cl)c2cccs2)cc1. The van der Waals surface area contributed by atoms with E-state index in [1.807, 2.05) is 31.2 Å². The highest BCUT2D eigenvalue weighted by atomic mass is 35.5. The summed E-state index contributed by atoms with van der Waals surface area (Å²) in [5, 5.41) is 7.59. The Morgan fingerprint density at radius 2 is 1.85 bits per heavy atom. The van der Waals surface area contributed by atoms with Gasteiger partial charge in [-0.25, -0.2) is 0 Å². The van der Waals surface area contributed by atoms with Gasteiger partial charge >= 0.3 is 0 Å². The van der Waals surface area contributed by atoms with Gasteiger partial charge in [-0.3, -0.25) is 4.79 Å². The molecule has 0 spiro atoms. The number of rotatable bonds is 6. The quantitative estimate of drug-likeness (QED) is 0.652. The van der Waals surface area contributed by atoms with Gasteiger partial charge in [0.2, 0.25) is 0 Å². The van der Waals surface area contributed by atoms with Crippen LogP contribution in [-0.4, -0.2) is 12.5 Å². The summed E-state index contributed by atoms with van der Waals surface area (Å²) in [5.74, 6) is -0.0654. The monoisotopic (exact) mass is 385 g/mol. The van der Waals surface area contributed by atoms with Crippen molar-refractivity contribution >= 4 is 34.5 Å². The van der Waals surface area contributed by atoms with Crippen LogP contribution in [0.3, 0.4) is 0 Å². The summed E-state index contributed by atoms with van der Waals surface area (Å²) < 4.78 is 0. The normalized spacial score (nSPS) is 12.0. The highest BCUT2D eigenvalue weighted by Gasteiger charge is 2.20. The van der Waals surface area contributed by atoms with E-state index in [4.69, 9.17) is 11.6 Å². The number of benzene rings is 2. The first-order valence-electron chi connectivity index (χ1n) is 8.52. The molecule has 3 rings (SSSR count). The van der Waals surface area contributed by atoms with Crippen LogP contribution in [0, 0.1) is 13.8 Å². The summed E-state index contributed by atoms with van der Waals surface area (Å²) in [4.78, 5) is 13.6. The van der Waals surface area contributed by atoms with Gasteiger partial charge in [0.15, 0.2) is 6.54 Å². The molecule has 2 aromatic carbocycles. The summed E-state index contributed by atoms with van der Waals surface area (Å²) in [6.07, 6.45) is 0. The lowest BCUT2D eigenvalue weighted by Gasteiger charge is -2.15. The fourth-order valence-electron chi connectivity index (χ4n) is 2.81. The molecular weight excluding hydrogens is 364 g/mol. The molecule has 134 valence electrons. The molecule has 1 atom stereocenters. The van der Waals surface area contributed by atoms with Gasteiger partial charge in [0.25, 0.3) is 5.91 Å². The number of quaternary nitrogens is 1. The van der Waals surface area contributed by atoms with Crippen molar-refractivity contribution in [3.8, 4) is 0 Å². The van der Waals surface area contributed by atoms with Gasteiger partial charge in [0.05, 0.1) is 15.6 Å². The first kappa shape index (κ1) is 18.6. The van der Waals surface area contributed by atoms with Crippen LogP contribution in [0.2, 0.25) is 5.02 Å². The standard InChI is InChI=1S/C21H21ClN2OS/c1-14-5-8-16(9-6-14)21(19-4-3-11-26-19)23-13-20(25)24-18-10-7-15(2)12-17(18)22/h3-12,21,23H,13H2,1-2H3,(H,24,25)/p+1/t21-/m1/s1. The molecule has 1 heterocycles. The summed E-state index contributed by atoms with van der Waals surface area (Å²) in [6.45, 7) is 4.37. The second kappa shape index (κ2) is 8.49. The predicted molar refractivity (Wildman–Crippen MR) is 109 cm³/mol. The Morgan fingerprint density at radius 3 is 2.50 bits per heavy atom. The summed E-state index contributed by atoms with van der Waals surface area (Å²) in [5.41, 5.74) is 4.14. The largest absolute Gasteiger partial charge is 0.328 e. The molecule has 0 radical (unpaired) electrons. The lowest BCUT2D eigenvalue weighted by molar-refractivity contribution is -0.675. The van der Waals surface area contributed by atoms with Crippen molar-refractivity contribution in [2.24, 2.45) is 0 Å². The molecule has 0 saturated heterocycles. The van der Waals surface area contributed by atoms with E-state index in [9.17, 15) is 4.79 Å². The van der Waals surface area contributed by atoms with E-state index in [0.717, 1.165) is 5.56 Å². The number of carbonyl (C=O) groups is 1. The molecule has 3 N–H and O–H groups in total. The zero-order chi connectivity index (χ0) is 18.5. The first-order valence-corrected chi connectivity index (χ1v) is 9.78. The fourth-order valence-corrected chi connectivity index (χ4v) is 3.94. The smallest absolute Gasteiger partial charge is 0.279 e. The van der Waals surface area contributed by atoms with Crippen molar-refractivity contribution in [3.05, 3.63) is 86.6 Å². The number of aryl methyl sites for hydroxylation is 2. The lowest BCUT2D eigenvalue weighted by Crippen LogP contribution is -2.87. The van der Waals surface area contributed by atoms with Gasteiger partial charge in [-0.2, -0.15) is 0 Å². The maximum atomic E-state index is 12.4. The molecule has 0 fully saturated rings. The maximum absolute atomic E-state index is 12.4. The van der Waals surface area contributed by atoms with E-state index in [-0.39, 0.29) is 11.9 Å². The number of anilines is 1. The van der Waals surface area contributed by atoms with Gasteiger partial charge in [0, 0.05) is 5.56 Å². The van der Waals surface area contributed by atoms with Crippen LogP contribution in [0.25, 0.3) is 0 Å². The Morgan fingerprint density at radius 1 is 1.12 bits per heavy atom. The van der Waals surface area contributed by atoms with Crippen LogP contribution in [0.1, 0.15) is 27.6 Å². The number of carbonyl (C=O) groups excluding carboxylic acids is 1. The third-order valence-corrected chi connectivity index (χ3v) is 5.49. The average molecular weight is 386 g/mol. The van der Waals surface area contributed by atoms with Gasteiger partial charge in [-0.05, 0) is 43.0 Å². The zero-order valence-corrected chi connectivity index (χ0v) is 16.4. The molecule has 0 saturated carbocycles. The summed E-state index contributed by atoms with van der Waals surface area (Å²) >= 11 is 7.91. The molecule has 3 nitrogen and oxygen atoms in total. The number of hydrogen-bond acceptors (Lipinski definition) is 2. The van der Waals surface area contributed by atoms with E-state index in [2.05, 4.69) is 53.3 Å². The number of nitrogens with two attached hydrogens (primary N) is 1. The van der Waals surface area contributed by atoms with E-state index in [1.54, 1.807) is 11.3 Å². The van der Waals surface area contributed by atoms with Crippen molar-refractivity contribution in [2.45, 2.75) is 19.9 Å². The second-order valence-corrected chi connectivity index (χ2v) is 7.76. The van der Waals surface area contributed by atoms with Crippen molar-refractivity contribution in [2.75, 3.05) is 11.9 Å². The minimum Gasteiger partial charge on any atom is -0.328 e. The highest BCUT2D eigenvalue weighted by Crippen LogP contribution is 2.24. The summed E-state index contributed by atoms with van der Waals surface area (Å²) in [6, 6.07) is 18.4. The molecule has 1 amide bonds. The van der Waals surface area contributed by atoms with Crippen molar-refractivity contribution in [1.82, 2.24) is 0 Å². The molecular formula is C21H22ClN2OS+. The molecule has 0 aliphatic heterocycles. The number of amides is 1. The van der Waals surface area contributed by atoms with Crippen molar-refractivity contribution in [1.29, 1.82) is 0 Å². The maximum Gasteiger partial charge on any atom is 0.279 e. The number of nitrogens with one attached hydrogen (secondary N) is 1. The Hall–Kier alpha value is -2.14. The molecule has 0 unspecified atom stereocenters.